The van der Waals surface area contributed by atoms with Crippen LogP contribution in [0, 0.1) is 6.92 Å². The zero-order chi connectivity index (χ0) is 11.5. The molecule has 1 unspecified atom stereocenters. The van der Waals surface area contributed by atoms with Crippen LogP contribution in [0.3, 0.4) is 0 Å². The SMILES string of the molecule is C=CCC(C)NS(=O)(=O)c1cnc(C)[nH]1. The lowest BCUT2D eigenvalue weighted by molar-refractivity contribution is 0.559. The standard InChI is InChI=1S/C9H15N3O2S/c1-4-5-7(2)12-15(13,14)9-6-10-8(3)11-9/h4,6-7,12H,1,5H2,2-3H3,(H,10,11). The minimum atomic E-state index is -3.48. The van der Waals surface area contributed by atoms with E-state index in [1.54, 1.807) is 19.9 Å². The Kier molecular flexibility index (Phi) is 3.65. The van der Waals surface area contributed by atoms with E-state index < -0.39 is 10.0 Å². The molecular formula is C9H15N3O2S. The summed E-state index contributed by atoms with van der Waals surface area (Å²) in [4.78, 5) is 6.52. The first-order valence-corrected chi connectivity index (χ1v) is 6.09. The van der Waals surface area contributed by atoms with Gasteiger partial charge in [0.25, 0.3) is 10.0 Å². The normalized spacial score (nSPS) is 13.7. The van der Waals surface area contributed by atoms with Gasteiger partial charge in [-0.25, -0.2) is 18.1 Å². The molecule has 0 bridgehead atoms. The molecule has 1 aromatic rings. The number of rotatable bonds is 5. The van der Waals surface area contributed by atoms with Gasteiger partial charge in [0.1, 0.15) is 5.82 Å². The van der Waals surface area contributed by atoms with Crippen LogP contribution in [0.2, 0.25) is 0 Å². The Morgan fingerprint density at radius 2 is 2.40 bits per heavy atom. The average molecular weight is 229 g/mol. The number of aromatic nitrogens is 2. The Hall–Kier alpha value is -1.14. The molecule has 5 nitrogen and oxygen atoms in total. The summed E-state index contributed by atoms with van der Waals surface area (Å²) in [5, 5.41) is 0.0934. The van der Waals surface area contributed by atoms with Crippen molar-refractivity contribution in [3.63, 3.8) is 0 Å². The van der Waals surface area contributed by atoms with E-state index in [2.05, 4.69) is 21.3 Å². The van der Waals surface area contributed by atoms with Crippen molar-refractivity contribution in [2.45, 2.75) is 31.3 Å². The summed E-state index contributed by atoms with van der Waals surface area (Å²) >= 11 is 0. The topological polar surface area (TPSA) is 74.8 Å². The first-order valence-electron chi connectivity index (χ1n) is 4.60. The number of hydrogen-bond donors (Lipinski definition) is 2. The van der Waals surface area contributed by atoms with Gasteiger partial charge in [0, 0.05) is 6.04 Å². The molecule has 1 rings (SSSR count). The fraction of sp³-hybridized carbons (Fsp3) is 0.444. The minimum Gasteiger partial charge on any atom is -0.332 e. The Morgan fingerprint density at radius 1 is 1.73 bits per heavy atom. The first-order chi connectivity index (χ1) is 6.95. The number of aromatic amines is 1. The molecule has 0 radical (unpaired) electrons. The number of imidazole rings is 1. The van der Waals surface area contributed by atoms with Crippen LogP contribution in [0.4, 0.5) is 0 Å². The van der Waals surface area contributed by atoms with Gasteiger partial charge in [-0.3, -0.25) is 0 Å². The quantitative estimate of drug-likeness (QED) is 0.738. The molecule has 0 aliphatic carbocycles. The van der Waals surface area contributed by atoms with Gasteiger partial charge in [0.05, 0.1) is 6.20 Å². The summed E-state index contributed by atoms with van der Waals surface area (Å²) in [6, 6.07) is -0.170. The molecule has 0 spiro atoms. The molecule has 1 atom stereocenters. The maximum Gasteiger partial charge on any atom is 0.257 e. The number of nitrogens with zero attached hydrogens (tertiary/aromatic N) is 1. The van der Waals surface area contributed by atoms with Gasteiger partial charge >= 0.3 is 0 Å². The van der Waals surface area contributed by atoms with Crippen molar-refractivity contribution in [2.24, 2.45) is 0 Å². The molecular weight excluding hydrogens is 214 g/mol. The highest BCUT2D eigenvalue weighted by Crippen LogP contribution is 2.06. The zero-order valence-corrected chi connectivity index (χ0v) is 9.63. The Bertz CT molecular complexity index is 436. The fourth-order valence-corrected chi connectivity index (χ4v) is 2.39. The maximum absolute atomic E-state index is 11.7. The lowest BCUT2D eigenvalue weighted by Gasteiger charge is -2.10. The number of sulfonamides is 1. The monoisotopic (exact) mass is 229 g/mol. The van der Waals surface area contributed by atoms with Gasteiger partial charge < -0.3 is 4.98 Å². The molecule has 15 heavy (non-hydrogen) atoms. The van der Waals surface area contributed by atoms with Crippen molar-refractivity contribution in [2.75, 3.05) is 0 Å². The molecule has 1 heterocycles. The molecule has 0 aliphatic heterocycles. The third kappa shape index (κ3) is 3.17. The number of hydrogen-bond acceptors (Lipinski definition) is 3. The Balaban J connectivity index is 2.80. The predicted molar refractivity (Wildman–Crippen MR) is 57.9 cm³/mol. The van der Waals surface area contributed by atoms with Crippen molar-refractivity contribution in [1.82, 2.24) is 14.7 Å². The molecule has 0 saturated heterocycles. The van der Waals surface area contributed by atoms with E-state index in [0.717, 1.165) is 0 Å². The van der Waals surface area contributed by atoms with E-state index in [1.807, 2.05) is 0 Å². The van der Waals surface area contributed by atoms with Gasteiger partial charge in [-0.1, -0.05) is 6.08 Å². The van der Waals surface area contributed by atoms with Gasteiger partial charge in [-0.05, 0) is 20.3 Å². The highest BCUT2D eigenvalue weighted by Gasteiger charge is 2.18. The molecule has 0 amide bonds. The van der Waals surface area contributed by atoms with Crippen LogP contribution in [0.5, 0.6) is 0 Å². The smallest absolute Gasteiger partial charge is 0.257 e. The number of nitrogens with one attached hydrogen (secondary N) is 2. The van der Waals surface area contributed by atoms with E-state index in [1.165, 1.54) is 6.20 Å². The third-order valence-corrected chi connectivity index (χ3v) is 3.34. The van der Waals surface area contributed by atoms with Crippen molar-refractivity contribution >= 4 is 10.0 Å². The molecule has 1 aromatic heterocycles. The summed E-state index contributed by atoms with van der Waals surface area (Å²) in [5.41, 5.74) is 0. The lowest BCUT2D eigenvalue weighted by Crippen LogP contribution is -2.32. The summed E-state index contributed by atoms with van der Waals surface area (Å²) in [7, 11) is -3.48. The molecule has 0 aromatic carbocycles. The van der Waals surface area contributed by atoms with E-state index in [9.17, 15) is 8.42 Å². The summed E-state index contributed by atoms with van der Waals surface area (Å²) in [6.07, 6.45) is 3.57. The third-order valence-electron chi connectivity index (χ3n) is 1.85. The van der Waals surface area contributed by atoms with Gasteiger partial charge in [-0.2, -0.15) is 0 Å². The van der Waals surface area contributed by atoms with Gasteiger partial charge in [-0.15, -0.1) is 6.58 Å². The molecule has 0 fully saturated rings. The van der Waals surface area contributed by atoms with Crippen LogP contribution in [0.15, 0.2) is 23.9 Å². The second-order valence-corrected chi connectivity index (χ2v) is 5.06. The Morgan fingerprint density at radius 3 is 2.87 bits per heavy atom. The second-order valence-electron chi connectivity index (χ2n) is 3.38. The van der Waals surface area contributed by atoms with Crippen LogP contribution < -0.4 is 4.72 Å². The van der Waals surface area contributed by atoms with E-state index in [-0.39, 0.29) is 11.1 Å². The summed E-state index contributed by atoms with van der Waals surface area (Å²) in [5.74, 6) is 0.576. The molecule has 84 valence electrons. The van der Waals surface area contributed by atoms with Crippen molar-refractivity contribution in [3.8, 4) is 0 Å². The van der Waals surface area contributed by atoms with Crippen molar-refractivity contribution in [3.05, 3.63) is 24.7 Å². The van der Waals surface area contributed by atoms with Gasteiger partial charge in [0.15, 0.2) is 5.03 Å². The molecule has 0 aliphatic rings. The van der Waals surface area contributed by atoms with Crippen LogP contribution in [-0.2, 0) is 10.0 Å². The molecule has 0 saturated carbocycles. The van der Waals surface area contributed by atoms with E-state index >= 15 is 0 Å². The van der Waals surface area contributed by atoms with E-state index in [4.69, 9.17) is 0 Å². The predicted octanol–water partition coefficient (Wildman–Crippen LogP) is 0.961. The summed E-state index contributed by atoms with van der Waals surface area (Å²) < 4.78 is 25.9. The fourth-order valence-electron chi connectivity index (χ4n) is 1.16. The van der Waals surface area contributed by atoms with Gasteiger partial charge in [0.2, 0.25) is 0 Å². The van der Waals surface area contributed by atoms with Crippen molar-refractivity contribution < 1.29 is 8.42 Å². The Labute approximate surface area is 89.7 Å². The highest BCUT2D eigenvalue weighted by atomic mass is 32.2. The number of H-pyrrole nitrogens is 1. The molecule has 2 N–H and O–H groups in total. The largest absolute Gasteiger partial charge is 0.332 e. The zero-order valence-electron chi connectivity index (χ0n) is 8.82. The van der Waals surface area contributed by atoms with Crippen molar-refractivity contribution in [1.29, 1.82) is 0 Å². The highest BCUT2D eigenvalue weighted by molar-refractivity contribution is 7.89. The number of aryl methyl sites for hydroxylation is 1. The van der Waals surface area contributed by atoms with Crippen LogP contribution in [-0.4, -0.2) is 24.4 Å². The second kappa shape index (κ2) is 4.59. The van der Waals surface area contributed by atoms with Crippen LogP contribution >= 0.6 is 0 Å². The minimum absolute atomic E-state index is 0.0934. The maximum atomic E-state index is 11.7. The van der Waals surface area contributed by atoms with Crippen LogP contribution in [0.25, 0.3) is 0 Å². The first kappa shape index (κ1) is 11.9. The molecule has 6 heteroatoms. The van der Waals surface area contributed by atoms with Crippen LogP contribution in [0.1, 0.15) is 19.2 Å². The lowest BCUT2D eigenvalue weighted by atomic mass is 10.3. The average Bonchev–Trinajstić information content (AvgIpc) is 2.51. The van der Waals surface area contributed by atoms with E-state index in [0.29, 0.717) is 12.2 Å². The summed E-state index contributed by atoms with van der Waals surface area (Å²) in [6.45, 7) is 7.03.